The Morgan fingerprint density at radius 1 is 1.43 bits per heavy atom. The van der Waals surface area contributed by atoms with Crippen LogP contribution in [0.5, 0.6) is 0 Å². The fraction of sp³-hybridized carbons (Fsp3) is 0.400. The Morgan fingerprint density at radius 2 is 2.43 bits per heavy atom. The molecule has 0 N–H and O–H groups in total. The average molecular weight is 190 g/mol. The van der Waals surface area contributed by atoms with Gasteiger partial charge >= 0.3 is 0 Å². The lowest BCUT2D eigenvalue weighted by Gasteiger charge is -2.33. The first kappa shape index (κ1) is 8.08. The Morgan fingerprint density at radius 3 is 3.43 bits per heavy atom. The normalized spacial score (nSPS) is 25.1. The van der Waals surface area contributed by atoms with E-state index in [-0.39, 0.29) is 0 Å². The second-order valence-corrected chi connectivity index (χ2v) is 3.38. The molecule has 0 aromatic rings. The van der Waals surface area contributed by atoms with Crippen LogP contribution >= 0.6 is 0 Å². The minimum Gasteiger partial charge on any atom is -0.639 e. The number of hydrogen-bond donors (Lipinski definition) is 0. The summed E-state index contributed by atoms with van der Waals surface area (Å²) in [5, 5.41) is 4.28. The van der Waals surface area contributed by atoms with Crippen molar-refractivity contribution < 1.29 is 9.47 Å². The molecule has 0 amide bonds. The van der Waals surface area contributed by atoms with Gasteiger partial charge in [-0.1, -0.05) is 0 Å². The summed E-state index contributed by atoms with van der Waals surface area (Å²) in [7, 11) is 0. The van der Waals surface area contributed by atoms with Crippen molar-refractivity contribution in [2.24, 2.45) is 4.99 Å². The number of rotatable bonds is 0. The van der Waals surface area contributed by atoms with Gasteiger partial charge in [0, 0.05) is 0 Å². The summed E-state index contributed by atoms with van der Waals surface area (Å²) in [6.07, 6.45) is 4.10. The van der Waals surface area contributed by atoms with Crippen LogP contribution in [0.4, 0.5) is 0 Å². The van der Waals surface area contributed by atoms with Gasteiger partial charge in [-0.25, -0.2) is 4.99 Å². The Labute approximate surface area is 82.3 Å². The van der Waals surface area contributed by atoms with E-state index in [9.17, 15) is 0 Å². The molecule has 1 saturated heterocycles. The lowest BCUT2D eigenvalue weighted by Crippen LogP contribution is -2.25. The number of fused-ring (bicyclic) bond motifs is 2. The quantitative estimate of drug-likeness (QED) is 0.538. The fourth-order valence-corrected chi connectivity index (χ4v) is 1.74. The largest absolute Gasteiger partial charge is 0.639 e. The van der Waals surface area contributed by atoms with Gasteiger partial charge in [-0.15, -0.1) is 0 Å². The van der Waals surface area contributed by atoms with E-state index in [0.717, 1.165) is 22.9 Å². The highest BCUT2D eigenvalue weighted by Crippen LogP contribution is 2.32. The Hall–Kier alpha value is -1.26. The molecule has 3 rings (SSSR count). The Balaban J connectivity index is 1.95. The summed E-state index contributed by atoms with van der Waals surface area (Å²) < 4.78 is 10.5. The van der Waals surface area contributed by atoms with Crippen molar-refractivity contribution in [3.63, 3.8) is 0 Å². The van der Waals surface area contributed by atoms with Crippen molar-refractivity contribution in [3.8, 4) is 0 Å². The fourth-order valence-electron chi connectivity index (χ4n) is 1.74. The molecule has 0 atom stereocenters. The van der Waals surface area contributed by atoms with Crippen LogP contribution in [0.25, 0.3) is 5.32 Å². The zero-order valence-electron chi connectivity index (χ0n) is 7.69. The van der Waals surface area contributed by atoms with Gasteiger partial charge in [-0.05, 0) is 12.4 Å². The summed E-state index contributed by atoms with van der Waals surface area (Å²) in [5.74, 6) is 1.13. The standard InChI is InChI=1S/C10H10N2O2/c1-7-3-13-5-11-9(7)2-10-8(1)4-14-6-12-10/h1-2H,3-6H2. The van der Waals surface area contributed by atoms with Gasteiger partial charge in [0.25, 0.3) is 0 Å². The number of allylic oxidation sites excluding steroid dienone is 1. The molecule has 4 nitrogen and oxygen atoms in total. The first-order chi connectivity index (χ1) is 6.93. The van der Waals surface area contributed by atoms with Crippen LogP contribution in [-0.4, -0.2) is 32.4 Å². The maximum Gasteiger partial charge on any atom is 0.174 e. The molecule has 0 bridgehead atoms. The third-order valence-electron chi connectivity index (χ3n) is 2.45. The number of aliphatic imine (C=N–C) groups is 1. The first-order valence-electron chi connectivity index (χ1n) is 4.60. The van der Waals surface area contributed by atoms with Gasteiger partial charge < -0.3 is 14.8 Å². The van der Waals surface area contributed by atoms with Crippen LogP contribution in [0.3, 0.4) is 0 Å². The predicted octanol–water partition coefficient (Wildman–Crippen LogP) is 1.17. The summed E-state index contributed by atoms with van der Waals surface area (Å²) in [6.45, 7) is 2.21. The minimum atomic E-state index is 0.461. The third kappa shape index (κ3) is 1.23. The molecule has 0 aromatic heterocycles. The lowest BCUT2D eigenvalue weighted by atomic mass is 9.92. The molecule has 0 aromatic carbocycles. The molecule has 14 heavy (non-hydrogen) atoms. The molecule has 1 fully saturated rings. The van der Waals surface area contributed by atoms with Crippen LogP contribution in [0.1, 0.15) is 0 Å². The zero-order valence-corrected chi connectivity index (χ0v) is 7.69. The van der Waals surface area contributed by atoms with Crippen LogP contribution in [0, 0.1) is 5.92 Å². The van der Waals surface area contributed by atoms with E-state index in [4.69, 9.17) is 9.47 Å². The van der Waals surface area contributed by atoms with Crippen molar-refractivity contribution in [3.05, 3.63) is 34.7 Å². The summed E-state index contributed by atoms with van der Waals surface area (Å²) >= 11 is 0. The average Bonchev–Trinajstić information content (AvgIpc) is 2.26. The first-order valence-corrected chi connectivity index (χ1v) is 4.60. The van der Waals surface area contributed by atoms with E-state index < -0.39 is 0 Å². The summed E-state index contributed by atoms with van der Waals surface area (Å²) in [5.41, 5.74) is 3.16. The van der Waals surface area contributed by atoms with Crippen molar-refractivity contribution in [2.45, 2.75) is 0 Å². The molecule has 4 heteroatoms. The SMILES string of the molecule is C1=C2COCN=C2C=C2[N-]COC[C+]12. The van der Waals surface area contributed by atoms with Gasteiger partial charge in [-0.3, -0.25) is 0 Å². The monoisotopic (exact) mass is 190 g/mol. The van der Waals surface area contributed by atoms with E-state index in [1.54, 1.807) is 0 Å². The van der Waals surface area contributed by atoms with Gasteiger partial charge in [0.1, 0.15) is 25.5 Å². The van der Waals surface area contributed by atoms with E-state index in [2.05, 4.69) is 16.4 Å². The highest BCUT2D eigenvalue weighted by atomic mass is 16.5. The predicted molar refractivity (Wildman–Crippen MR) is 51.8 cm³/mol. The van der Waals surface area contributed by atoms with Gasteiger partial charge in [0.05, 0.1) is 18.1 Å². The van der Waals surface area contributed by atoms with E-state index in [1.807, 2.05) is 6.08 Å². The van der Waals surface area contributed by atoms with Gasteiger partial charge in [0.15, 0.2) is 5.71 Å². The third-order valence-corrected chi connectivity index (χ3v) is 2.45. The molecule has 3 aliphatic rings. The van der Waals surface area contributed by atoms with Crippen molar-refractivity contribution >= 4 is 5.71 Å². The van der Waals surface area contributed by atoms with Crippen LogP contribution in [-0.2, 0) is 9.47 Å². The van der Waals surface area contributed by atoms with Crippen LogP contribution in [0.2, 0.25) is 0 Å². The van der Waals surface area contributed by atoms with Crippen molar-refractivity contribution in [1.29, 1.82) is 0 Å². The smallest absolute Gasteiger partial charge is 0.174 e. The van der Waals surface area contributed by atoms with E-state index in [1.165, 1.54) is 0 Å². The molecule has 1 aliphatic carbocycles. The van der Waals surface area contributed by atoms with Gasteiger partial charge in [0.2, 0.25) is 0 Å². The molecule has 0 saturated carbocycles. The molecular formula is C10H10N2O2. The molecule has 0 radical (unpaired) electrons. The number of hydrogen-bond acceptors (Lipinski definition) is 3. The van der Waals surface area contributed by atoms with Gasteiger partial charge in [-0.2, -0.15) is 0 Å². The number of nitrogens with zero attached hydrogens (tertiary/aromatic N) is 2. The molecule has 0 unspecified atom stereocenters. The summed E-state index contributed by atoms with van der Waals surface area (Å²) in [4.78, 5) is 4.28. The maximum atomic E-state index is 5.25. The summed E-state index contributed by atoms with van der Waals surface area (Å²) in [6, 6.07) is 0. The van der Waals surface area contributed by atoms with Crippen LogP contribution < -0.4 is 0 Å². The second-order valence-electron chi connectivity index (χ2n) is 3.38. The highest BCUT2D eigenvalue weighted by molar-refractivity contribution is 6.11. The van der Waals surface area contributed by atoms with E-state index in [0.29, 0.717) is 26.7 Å². The molecular weight excluding hydrogens is 180 g/mol. The van der Waals surface area contributed by atoms with Crippen LogP contribution in [0.15, 0.2) is 28.4 Å². The molecule has 2 heterocycles. The molecule has 0 spiro atoms. The van der Waals surface area contributed by atoms with Crippen molar-refractivity contribution in [1.82, 2.24) is 0 Å². The zero-order chi connectivity index (χ0) is 9.38. The highest BCUT2D eigenvalue weighted by Gasteiger charge is 2.28. The Bertz CT molecular complexity index is 344. The molecule has 72 valence electrons. The second kappa shape index (κ2) is 3.15. The topological polar surface area (TPSA) is 44.9 Å². The maximum absolute atomic E-state index is 5.25. The number of ether oxygens (including phenoxy) is 2. The Kier molecular flexibility index (Phi) is 1.82. The van der Waals surface area contributed by atoms with E-state index >= 15 is 0 Å². The lowest BCUT2D eigenvalue weighted by molar-refractivity contribution is 0.155. The van der Waals surface area contributed by atoms with Crippen molar-refractivity contribution in [2.75, 3.05) is 26.7 Å². The molecule has 2 aliphatic heterocycles. The minimum absolute atomic E-state index is 0.461.